The molecule has 0 atom stereocenters. The molecule has 2 heterocycles. The van der Waals surface area contributed by atoms with E-state index in [1.54, 1.807) is 24.3 Å². The van der Waals surface area contributed by atoms with E-state index in [0.717, 1.165) is 24.2 Å². The van der Waals surface area contributed by atoms with Crippen LogP contribution in [0.4, 0.5) is 0 Å². The molecule has 11 heteroatoms. The van der Waals surface area contributed by atoms with Gasteiger partial charge in [0.25, 0.3) is 0 Å². The van der Waals surface area contributed by atoms with Crippen molar-refractivity contribution in [3.05, 3.63) is 35.7 Å². The number of benzene rings is 1. The van der Waals surface area contributed by atoms with Gasteiger partial charge in [0.15, 0.2) is 0 Å². The van der Waals surface area contributed by atoms with Gasteiger partial charge in [-0.2, -0.15) is 4.31 Å². The van der Waals surface area contributed by atoms with Crippen LogP contribution in [-0.4, -0.2) is 65.9 Å². The minimum atomic E-state index is -3.51. The predicted octanol–water partition coefficient (Wildman–Crippen LogP) is 1.89. The second kappa shape index (κ2) is 10.1. The molecule has 1 aromatic heterocycles. The zero-order chi connectivity index (χ0) is 21.7. The van der Waals surface area contributed by atoms with Crippen LogP contribution in [-0.2, 0) is 26.1 Å². The number of aromatic nitrogens is 3. The molecule has 31 heavy (non-hydrogen) atoms. The molecule has 0 bridgehead atoms. The lowest BCUT2D eigenvalue weighted by molar-refractivity contribution is -0.118. The molecule has 0 spiro atoms. The van der Waals surface area contributed by atoms with Gasteiger partial charge in [0.1, 0.15) is 5.82 Å². The number of H-pyrrole nitrogens is 1. The summed E-state index contributed by atoms with van der Waals surface area (Å²) in [6, 6.07) is 6.62. The number of nitrogens with zero attached hydrogens (tertiary/aromatic N) is 3. The summed E-state index contributed by atoms with van der Waals surface area (Å²) in [7, 11) is -3.51. The van der Waals surface area contributed by atoms with Crippen LogP contribution in [0.5, 0.6) is 0 Å². The number of carbonyl (C=O) groups excluding carboxylic acids is 1. The largest absolute Gasteiger partial charge is 0.379 e. The zero-order valence-corrected chi connectivity index (χ0v) is 18.9. The summed E-state index contributed by atoms with van der Waals surface area (Å²) in [4.78, 5) is 16.9. The Morgan fingerprint density at radius 2 is 1.90 bits per heavy atom. The van der Waals surface area contributed by atoms with E-state index >= 15 is 0 Å². The van der Waals surface area contributed by atoms with Gasteiger partial charge in [-0.15, -0.1) is 5.10 Å². The van der Waals surface area contributed by atoms with Crippen LogP contribution >= 0.6 is 11.8 Å². The van der Waals surface area contributed by atoms with E-state index in [9.17, 15) is 13.2 Å². The van der Waals surface area contributed by atoms with Crippen LogP contribution < -0.4 is 5.32 Å². The third-order valence-electron chi connectivity index (χ3n) is 5.58. The fourth-order valence-corrected chi connectivity index (χ4v) is 5.84. The number of aromatic amines is 1. The van der Waals surface area contributed by atoms with E-state index in [0.29, 0.717) is 43.9 Å². The molecule has 0 unspecified atom stereocenters. The van der Waals surface area contributed by atoms with E-state index in [4.69, 9.17) is 4.74 Å². The smallest absolute Gasteiger partial charge is 0.243 e. The average Bonchev–Trinajstić information content (AvgIpc) is 3.49. The number of carbonyl (C=O) groups is 1. The Kier molecular flexibility index (Phi) is 7.26. The normalized spacial score (nSPS) is 18.3. The molecule has 2 aliphatic rings. The topological polar surface area (TPSA) is 117 Å². The first-order valence-corrected chi connectivity index (χ1v) is 12.9. The van der Waals surface area contributed by atoms with Crippen molar-refractivity contribution in [1.29, 1.82) is 0 Å². The Morgan fingerprint density at radius 1 is 1.19 bits per heavy atom. The fourth-order valence-electron chi connectivity index (χ4n) is 3.80. The van der Waals surface area contributed by atoms with Gasteiger partial charge in [0.2, 0.25) is 21.1 Å². The molecule has 1 amide bonds. The van der Waals surface area contributed by atoms with E-state index < -0.39 is 10.0 Å². The number of sulfonamides is 1. The Bertz CT molecular complexity index is 981. The maximum absolute atomic E-state index is 12.7. The molecule has 4 rings (SSSR count). The van der Waals surface area contributed by atoms with E-state index in [1.807, 2.05) is 0 Å². The maximum atomic E-state index is 12.7. The van der Waals surface area contributed by atoms with Crippen LogP contribution in [0.1, 0.15) is 43.0 Å². The van der Waals surface area contributed by atoms with E-state index in [2.05, 4.69) is 20.5 Å². The summed E-state index contributed by atoms with van der Waals surface area (Å²) in [6.45, 7) is 1.89. The lowest BCUT2D eigenvalue weighted by Gasteiger charge is -2.26. The third kappa shape index (κ3) is 5.65. The SMILES string of the molecule is O=C(CSc1n[nH]c(C2CCCC2)n1)NCc1ccc(S(=O)(=O)N2CCOCC2)cc1. The van der Waals surface area contributed by atoms with Gasteiger partial charge in [0.05, 0.1) is 23.9 Å². The zero-order valence-electron chi connectivity index (χ0n) is 17.2. The number of amides is 1. The molecule has 1 saturated carbocycles. The molecular weight excluding hydrogens is 438 g/mol. The molecule has 9 nitrogen and oxygen atoms in total. The van der Waals surface area contributed by atoms with Crippen LogP contribution in [0.15, 0.2) is 34.3 Å². The van der Waals surface area contributed by atoms with Crippen molar-refractivity contribution in [3.8, 4) is 0 Å². The monoisotopic (exact) mass is 465 g/mol. The summed E-state index contributed by atoms with van der Waals surface area (Å²) >= 11 is 1.30. The molecule has 1 saturated heterocycles. The van der Waals surface area contributed by atoms with Gasteiger partial charge >= 0.3 is 0 Å². The number of ether oxygens (including phenoxy) is 1. The number of thioether (sulfide) groups is 1. The fraction of sp³-hybridized carbons (Fsp3) is 0.550. The standard InChI is InChI=1S/C20H27N5O4S2/c26-18(14-30-20-22-19(23-24-20)16-3-1-2-4-16)21-13-15-5-7-17(8-6-15)31(27,28)25-9-11-29-12-10-25/h5-8,16H,1-4,9-14H2,(H,21,26)(H,22,23,24). The predicted molar refractivity (Wildman–Crippen MR) is 116 cm³/mol. The number of nitrogens with one attached hydrogen (secondary N) is 2. The number of hydrogen-bond acceptors (Lipinski definition) is 7. The average molecular weight is 466 g/mol. The molecule has 1 aliphatic carbocycles. The highest BCUT2D eigenvalue weighted by atomic mass is 32.2. The first kappa shape index (κ1) is 22.3. The highest BCUT2D eigenvalue weighted by Gasteiger charge is 2.26. The second-order valence-electron chi connectivity index (χ2n) is 7.71. The summed E-state index contributed by atoms with van der Waals surface area (Å²) in [6.07, 6.45) is 4.76. The maximum Gasteiger partial charge on any atom is 0.243 e. The molecule has 1 aliphatic heterocycles. The van der Waals surface area contributed by atoms with Crippen molar-refractivity contribution in [2.75, 3.05) is 32.1 Å². The van der Waals surface area contributed by atoms with Crippen molar-refractivity contribution < 1.29 is 17.9 Å². The Morgan fingerprint density at radius 3 is 2.61 bits per heavy atom. The first-order valence-electron chi connectivity index (χ1n) is 10.5. The van der Waals surface area contributed by atoms with Gasteiger partial charge in [-0.3, -0.25) is 9.89 Å². The van der Waals surface area contributed by atoms with E-state index in [1.165, 1.54) is 28.9 Å². The molecule has 1 aromatic carbocycles. The number of morpholine rings is 1. The van der Waals surface area contributed by atoms with Gasteiger partial charge in [-0.05, 0) is 30.5 Å². The minimum absolute atomic E-state index is 0.123. The van der Waals surface area contributed by atoms with Crippen LogP contribution in [0.2, 0.25) is 0 Å². The van der Waals surface area contributed by atoms with Crippen molar-refractivity contribution in [2.24, 2.45) is 0 Å². The molecule has 2 N–H and O–H groups in total. The quantitative estimate of drug-likeness (QED) is 0.572. The van der Waals surface area contributed by atoms with Crippen LogP contribution in [0, 0.1) is 0 Å². The highest BCUT2D eigenvalue weighted by molar-refractivity contribution is 7.99. The van der Waals surface area contributed by atoms with Crippen LogP contribution in [0.25, 0.3) is 0 Å². The first-order chi connectivity index (χ1) is 15.0. The van der Waals surface area contributed by atoms with Crippen LogP contribution in [0.3, 0.4) is 0 Å². The second-order valence-corrected chi connectivity index (χ2v) is 10.6. The molecular formula is C20H27N5O4S2. The Hall–Kier alpha value is -1.95. The molecule has 2 aromatic rings. The third-order valence-corrected chi connectivity index (χ3v) is 8.34. The van der Waals surface area contributed by atoms with E-state index in [-0.39, 0.29) is 16.6 Å². The highest BCUT2D eigenvalue weighted by Crippen LogP contribution is 2.32. The lowest BCUT2D eigenvalue weighted by Crippen LogP contribution is -2.40. The van der Waals surface area contributed by atoms with Crippen molar-refractivity contribution in [2.45, 2.75) is 48.2 Å². The lowest BCUT2D eigenvalue weighted by atomic mass is 10.1. The summed E-state index contributed by atoms with van der Waals surface area (Å²) in [5, 5.41) is 10.6. The van der Waals surface area contributed by atoms with Gasteiger partial charge < -0.3 is 10.1 Å². The van der Waals surface area contributed by atoms with Crippen molar-refractivity contribution >= 4 is 27.7 Å². The van der Waals surface area contributed by atoms with Gasteiger partial charge in [-0.25, -0.2) is 13.4 Å². The van der Waals surface area contributed by atoms with Crippen molar-refractivity contribution in [1.82, 2.24) is 24.8 Å². The molecule has 2 fully saturated rings. The Balaban J connectivity index is 1.24. The number of rotatable bonds is 8. The summed E-state index contributed by atoms with van der Waals surface area (Å²) in [5.41, 5.74) is 0.834. The molecule has 0 radical (unpaired) electrons. The number of hydrogen-bond donors (Lipinski definition) is 2. The van der Waals surface area contributed by atoms with Gasteiger partial charge in [0, 0.05) is 25.6 Å². The summed E-state index contributed by atoms with van der Waals surface area (Å²) in [5.74, 6) is 1.49. The minimum Gasteiger partial charge on any atom is -0.379 e. The Labute approximate surface area is 186 Å². The summed E-state index contributed by atoms with van der Waals surface area (Å²) < 4.78 is 32.0. The van der Waals surface area contributed by atoms with Gasteiger partial charge in [-0.1, -0.05) is 36.7 Å². The molecule has 168 valence electrons. The van der Waals surface area contributed by atoms with Crippen molar-refractivity contribution in [3.63, 3.8) is 0 Å².